The van der Waals surface area contributed by atoms with Gasteiger partial charge in [-0.15, -0.1) is 0 Å². The highest BCUT2D eigenvalue weighted by molar-refractivity contribution is 5.35. The maximum absolute atomic E-state index is 2.35. The average Bonchev–Trinajstić information content (AvgIpc) is 2.72. The number of allylic oxidation sites excluding steroid dienone is 2. The van der Waals surface area contributed by atoms with Crippen molar-refractivity contribution in [3.8, 4) is 0 Å². The van der Waals surface area contributed by atoms with Gasteiger partial charge in [0.1, 0.15) is 0 Å². The molecule has 2 aliphatic rings. The molecule has 1 spiro atoms. The molecule has 0 aliphatic heterocycles. The quantitative estimate of drug-likeness (QED) is 0.525. The van der Waals surface area contributed by atoms with Crippen LogP contribution < -0.4 is 0 Å². The number of benzene rings is 1. The molecule has 0 saturated carbocycles. The van der Waals surface area contributed by atoms with Gasteiger partial charge < -0.3 is 0 Å². The van der Waals surface area contributed by atoms with Gasteiger partial charge in [-0.2, -0.15) is 0 Å². The van der Waals surface area contributed by atoms with E-state index in [1.807, 2.05) is 0 Å². The van der Waals surface area contributed by atoms with Gasteiger partial charge in [0.15, 0.2) is 0 Å². The molecular weight excluding hydrogens is 156 g/mol. The molecule has 3 rings (SSSR count). The maximum atomic E-state index is 2.35. The van der Waals surface area contributed by atoms with Crippen LogP contribution in [0, 0.1) is 5.41 Å². The lowest BCUT2D eigenvalue weighted by atomic mass is 9.82. The molecule has 1 aromatic rings. The Morgan fingerprint density at radius 1 is 0.846 bits per heavy atom. The molecule has 2 aliphatic carbocycles. The summed E-state index contributed by atoms with van der Waals surface area (Å²) >= 11 is 0. The third-order valence-corrected chi connectivity index (χ3v) is 3.52. The number of hydrogen-bond acceptors (Lipinski definition) is 0. The second kappa shape index (κ2) is 2.47. The van der Waals surface area contributed by atoms with E-state index >= 15 is 0 Å². The third kappa shape index (κ3) is 1.05. The molecule has 1 aromatic carbocycles. The molecule has 66 valence electrons. The largest absolute Gasteiger partial charge is 0.0879 e. The number of fused-ring (bicyclic) bond motifs is 1. The van der Waals surface area contributed by atoms with Crippen molar-refractivity contribution in [1.29, 1.82) is 0 Å². The van der Waals surface area contributed by atoms with E-state index in [0.717, 1.165) is 0 Å². The summed E-state index contributed by atoms with van der Waals surface area (Å²) in [6, 6.07) is 8.92. The molecule has 0 heteroatoms. The van der Waals surface area contributed by atoms with Gasteiger partial charge in [0.2, 0.25) is 0 Å². The summed E-state index contributed by atoms with van der Waals surface area (Å²) in [5.41, 5.74) is 3.77. The molecule has 0 nitrogen and oxygen atoms in total. The topological polar surface area (TPSA) is 0 Å². The lowest BCUT2D eigenvalue weighted by Gasteiger charge is -2.21. The minimum absolute atomic E-state index is 0.587. The van der Waals surface area contributed by atoms with E-state index < -0.39 is 0 Å². The predicted molar refractivity (Wildman–Crippen MR) is 54.7 cm³/mol. The van der Waals surface area contributed by atoms with Crippen molar-refractivity contribution in [3.63, 3.8) is 0 Å². The molecule has 0 saturated heterocycles. The van der Waals surface area contributed by atoms with E-state index in [1.54, 1.807) is 11.1 Å². The highest BCUT2D eigenvalue weighted by Crippen LogP contribution is 2.45. The summed E-state index contributed by atoms with van der Waals surface area (Å²) in [5.74, 6) is 0. The van der Waals surface area contributed by atoms with Crippen molar-refractivity contribution in [1.82, 2.24) is 0 Å². The molecule has 0 bridgehead atoms. The number of rotatable bonds is 0. The van der Waals surface area contributed by atoms with Crippen molar-refractivity contribution in [3.05, 3.63) is 47.5 Å². The number of hydrogen-bond donors (Lipinski definition) is 0. The molecule has 0 unspecified atom stereocenters. The van der Waals surface area contributed by atoms with Gasteiger partial charge in [-0.1, -0.05) is 36.4 Å². The fourth-order valence-corrected chi connectivity index (χ4v) is 2.81. The summed E-state index contributed by atoms with van der Waals surface area (Å²) in [6.07, 6.45) is 9.90. The van der Waals surface area contributed by atoms with Crippen molar-refractivity contribution < 1.29 is 0 Å². The zero-order valence-corrected chi connectivity index (χ0v) is 7.79. The Morgan fingerprint density at radius 3 is 1.92 bits per heavy atom. The van der Waals surface area contributed by atoms with Gasteiger partial charge in [0.25, 0.3) is 0 Å². The first-order valence-corrected chi connectivity index (χ1v) is 5.10. The van der Waals surface area contributed by atoms with E-state index in [2.05, 4.69) is 36.4 Å². The van der Waals surface area contributed by atoms with E-state index in [-0.39, 0.29) is 0 Å². The van der Waals surface area contributed by atoms with Crippen molar-refractivity contribution in [2.75, 3.05) is 0 Å². The average molecular weight is 170 g/mol. The molecule has 0 aromatic heterocycles. The Hall–Kier alpha value is -1.04. The molecule has 0 amide bonds. The monoisotopic (exact) mass is 170 g/mol. The smallest absolute Gasteiger partial charge is 0.0148 e. The third-order valence-electron chi connectivity index (χ3n) is 3.52. The lowest BCUT2D eigenvalue weighted by molar-refractivity contribution is 0.332. The summed E-state index contributed by atoms with van der Waals surface area (Å²) in [5, 5.41) is 0. The van der Waals surface area contributed by atoms with Crippen LogP contribution in [0.2, 0.25) is 0 Å². The standard InChI is InChI=1S/C13H14/c1-2-6-12-10-13(7-3-4-8-13)9-11(12)5-1/h1-6H,7-10H2. The first kappa shape index (κ1) is 7.37. The Bertz CT molecular complexity index is 325. The van der Waals surface area contributed by atoms with Crippen molar-refractivity contribution in [2.24, 2.45) is 5.41 Å². The normalized spacial score (nSPS) is 22.5. The Morgan fingerprint density at radius 2 is 1.38 bits per heavy atom. The summed E-state index contributed by atoms with van der Waals surface area (Å²) < 4.78 is 0. The van der Waals surface area contributed by atoms with Gasteiger partial charge in [-0.3, -0.25) is 0 Å². The predicted octanol–water partition coefficient (Wildman–Crippen LogP) is 3.12. The molecule has 13 heavy (non-hydrogen) atoms. The molecule has 0 heterocycles. The van der Waals surface area contributed by atoms with Crippen molar-refractivity contribution in [2.45, 2.75) is 25.7 Å². The summed E-state index contributed by atoms with van der Waals surface area (Å²) in [6.45, 7) is 0. The van der Waals surface area contributed by atoms with Gasteiger partial charge in [0.05, 0.1) is 0 Å². The highest BCUT2D eigenvalue weighted by Gasteiger charge is 2.36. The van der Waals surface area contributed by atoms with Gasteiger partial charge in [-0.05, 0) is 42.2 Å². The first-order chi connectivity index (χ1) is 6.38. The van der Waals surface area contributed by atoms with Crippen LogP contribution in [0.25, 0.3) is 0 Å². The Labute approximate surface area is 79.3 Å². The fraction of sp³-hybridized carbons (Fsp3) is 0.385. The first-order valence-electron chi connectivity index (χ1n) is 5.10. The van der Waals surface area contributed by atoms with Crippen LogP contribution in [0.1, 0.15) is 24.0 Å². The van der Waals surface area contributed by atoms with E-state index in [9.17, 15) is 0 Å². The van der Waals surface area contributed by atoms with Gasteiger partial charge in [0, 0.05) is 0 Å². The van der Waals surface area contributed by atoms with Crippen LogP contribution in [-0.4, -0.2) is 0 Å². The minimum atomic E-state index is 0.587. The van der Waals surface area contributed by atoms with Gasteiger partial charge >= 0.3 is 0 Å². The van der Waals surface area contributed by atoms with Crippen LogP contribution >= 0.6 is 0 Å². The van der Waals surface area contributed by atoms with E-state index in [1.165, 1.54) is 25.7 Å². The second-order valence-corrected chi connectivity index (χ2v) is 4.50. The van der Waals surface area contributed by atoms with Crippen LogP contribution in [0.5, 0.6) is 0 Å². The van der Waals surface area contributed by atoms with E-state index in [0.29, 0.717) is 5.41 Å². The lowest BCUT2D eigenvalue weighted by Crippen LogP contribution is -2.16. The fourth-order valence-electron chi connectivity index (χ4n) is 2.81. The summed E-state index contributed by atoms with van der Waals surface area (Å²) in [7, 11) is 0. The Balaban J connectivity index is 1.97. The second-order valence-electron chi connectivity index (χ2n) is 4.50. The van der Waals surface area contributed by atoms with Crippen LogP contribution in [-0.2, 0) is 12.8 Å². The van der Waals surface area contributed by atoms with Crippen LogP contribution in [0.4, 0.5) is 0 Å². The van der Waals surface area contributed by atoms with Crippen LogP contribution in [0.3, 0.4) is 0 Å². The molecule has 0 N–H and O–H groups in total. The Kier molecular flexibility index (Phi) is 1.40. The molecule has 0 atom stereocenters. The van der Waals surface area contributed by atoms with Crippen molar-refractivity contribution >= 4 is 0 Å². The highest BCUT2D eigenvalue weighted by atomic mass is 14.4. The summed E-state index contributed by atoms with van der Waals surface area (Å²) in [4.78, 5) is 0. The zero-order valence-electron chi connectivity index (χ0n) is 7.79. The zero-order chi connectivity index (χ0) is 8.73. The van der Waals surface area contributed by atoms with E-state index in [4.69, 9.17) is 0 Å². The SMILES string of the molecule is C1=CCC2(C1)Cc1ccccc1C2. The molecular formula is C13H14. The molecule has 0 fully saturated rings. The molecule has 0 radical (unpaired) electrons. The van der Waals surface area contributed by atoms with Gasteiger partial charge in [-0.25, -0.2) is 0 Å². The van der Waals surface area contributed by atoms with Crippen LogP contribution in [0.15, 0.2) is 36.4 Å². The maximum Gasteiger partial charge on any atom is -0.0148 e. The minimum Gasteiger partial charge on any atom is -0.0879 e.